The van der Waals surface area contributed by atoms with Gasteiger partial charge in [-0.1, -0.05) is 12.1 Å². The molecule has 1 saturated heterocycles. The monoisotopic (exact) mass is 541 g/mol. The van der Waals surface area contributed by atoms with Crippen molar-refractivity contribution in [3.8, 4) is 0 Å². The normalized spacial score (nSPS) is 14.6. The van der Waals surface area contributed by atoms with E-state index in [1.165, 1.54) is 12.1 Å². The summed E-state index contributed by atoms with van der Waals surface area (Å²) in [6, 6.07) is 9.15. The van der Waals surface area contributed by atoms with Crippen LogP contribution in [0.25, 0.3) is 11.0 Å². The number of benzene rings is 2. The number of hydrogen-bond donors (Lipinski definition) is 2. The lowest BCUT2D eigenvalue weighted by Gasteiger charge is -2.37. The van der Waals surface area contributed by atoms with Crippen molar-refractivity contribution in [3.63, 3.8) is 0 Å². The minimum absolute atomic E-state index is 0.000997. The fourth-order valence-electron chi connectivity index (χ4n) is 4.08. The molecule has 206 valence electrons. The van der Waals surface area contributed by atoms with Gasteiger partial charge in [-0.25, -0.2) is 23.4 Å². The van der Waals surface area contributed by atoms with Gasteiger partial charge in [0.1, 0.15) is 11.6 Å². The molecule has 1 aliphatic heterocycles. The summed E-state index contributed by atoms with van der Waals surface area (Å²) in [5.74, 6) is -4.01. The largest absolute Gasteiger partial charge is 0.490 e. The SMILES string of the molecule is CN1CCC(N(Cc2ccc(F)cc2F)C(=O)NCc2ccc3c(c2)ncn3C)CC1.O=C(O)C(F)(F)F. The molecule has 2 amide bonds. The van der Waals surface area contributed by atoms with Gasteiger partial charge >= 0.3 is 18.2 Å². The maximum Gasteiger partial charge on any atom is 0.490 e. The molecule has 1 aliphatic rings. The third-order valence-corrected chi connectivity index (χ3v) is 6.22. The van der Waals surface area contributed by atoms with Crippen molar-refractivity contribution in [2.24, 2.45) is 7.05 Å². The van der Waals surface area contributed by atoms with E-state index in [1.54, 1.807) is 11.2 Å². The molecular formula is C25H28F5N5O3. The van der Waals surface area contributed by atoms with Gasteiger partial charge < -0.3 is 24.8 Å². The van der Waals surface area contributed by atoms with Crippen molar-refractivity contribution >= 4 is 23.0 Å². The number of hydrogen-bond acceptors (Lipinski definition) is 4. The molecule has 8 nitrogen and oxygen atoms in total. The van der Waals surface area contributed by atoms with Gasteiger partial charge in [0, 0.05) is 31.3 Å². The Bertz CT molecular complexity index is 1270. The first kappa shape index (κ1) is 28.8. The predicted molar refractivity (Wildman–Crippen MR) is 129 cm³/mol. The number of carboxylic acid groups (broad SMARTS) is 1. The van der Waals surface area contributed by atoms with Gasteiger partial charge in [-0.3, -0.25) is 0 Å². The molecule has 1 aromatic heterocycles. The molecule has 0 bridgehead atoms. The Kier molecular flexibility index (Phi) is 9.26. The second-order valence-electron chi connectivity index (χ2n) is 9.04. The fraction of sp³-hybridized carbons (Fsp3) is 0.400. The summed E-state index contributed by atoms with van der Waals surface area (Å²) >= 11 is 0. The average Bonchev–Trinajstić information content (AvgIpc) is 3.22. The molecule has 2 N–H and O–H groups in total. The van der Waals surface area contributed by atoms with Crippen LogP contribution in [0.1, 0.15) is 24.0 Å². The van der Waals surface area contributed by atoms with E-state index in [1.807, 2.05) is 36.9 Å². The molecule has 0 radical (unpaired) electrons. The first-order valence-electron chi connectivity index (χ1n) is 11.7. The van der Waals surface area contributed by atoms with Gasteiger partial charge in [-0.15, -0.1) is 0 Å². The van der Waals surface area contributed by atoms with Crippen LogP contribution in [0.15, 0.2) is 42.7 Å². The van der Waals surface area contributed by atoms with Gasteiger partial charge in [-0.2, -0.15) is 13.2 Å². The lowest BCUT2D eigenvalue weighted by atomic mass is 10.0. The van der Waals surface area contributed by atoms with Gasteiger partial charge in [0.2, 0.25) is 0 Å². The average molecular weight is 542 g/mol. The molecular weight excluding hydrogens is 513 g/mol. The van der Waals surface area contributed by atoms with Crippen molar-refractivity contribution in [2.75, 3.05) is 20.1 Å². The van der Waals surface area contributed by atoms with Crippen LogP contribution in [-0.4, -0.2) is 68.8 Å². The summed E-state index contributed by atoms with van der Waals surface area (Å²) in [6.07, 6.45) is -1.70. The number of piperidine rings is 1. The number of imidazole rings is 1. The predicted octanol–water partition coefficient (Wildman–Crippen LogP) is 4.29. The summed E-state index contributed by atoms with van der Waals surface area (Å²) in [7, 11) is 3.98. The number of aryl methyl sites for hydroxylation is 1. The number of nitrogens with zero attached hydrogens (tertiary/aromatic N) is 4. The first-order chi connectivity index (χ1) is 17.8. The smallest absolute Gasteiger partial charge is 0.475 e. The summed E-state index contributed by atoms with van der Waals surface area (Å²) in [4.78, 5) is 30.3. The molecule has 0 saturated carbocycles. The maximum absolute atomic E-state index is 14.3. The van der Waals surface area contributed by atoms with Crippen LogP contribution in [0.4, 0.5) is 26.7 Å². The summed E-state index contributed by atoms with van der Waals surface area (Å²) < 4.78 is 61.3. The number of likely N-dealkylation sites (tertiary alicyclic amines) is 1. The molecule has 2 heterocycles. The quantitative estimate of drug-likeness (QED) is 0.471. The number of carbonyl (C=O) groups excluding carboxylic acids is 1. The molecule has 3 aromatic rings. The molecule has 0 spiro atoms. The highest BCUT2D eigenvalue weighted by Gasteiger charge is 2.38. The topological polar surface area (TPSA) is 90.7 Å². The van der Waals surface area contributed by atoms with Gasteiger partial charge in [0.05, 0.1) is 23.9 Å². The third kappa shape index (κ3) is 7.63. The molecule has 0 aliphatic carbocycles. The lowest BCUT2D eigenvalue weighted by Crippen LogP contribution is -2.49. The number of urea groups is 1. The third-order valence-electron chi connectivity index (χ3n) is 6.22. The van der Waals surface area contributed by atoms with Gasteiger partial charge in [0.15, 0.2) is 0 Å². The number of alkyl halides is 3. The van der Waals surface area contributed by atoms with Crippen LogP contribution in [-0.2, 0) is 24.9 Å². The second-order valence-corrected chi connectivity index (χ2v) is 9.04. The number of rotatable bonds is 5. The molecule has 13 heteroatoms. The van der Waals surface area contributed by atoms with Crippen LogP contribution in [0.3, 0.4) is 0 Å². The molecule has 38 heavy (non-hydrogen) atoms. The number of nitrogens with one attached hydrogen (secondary N) is 1. The number of amides is 2. The van der Waals surface area contributed by atoms with Crippen molar-refractivity contribution in [1.29, 1.82) is 0 Å². The van der Waals surface area contributed by atoms with Crippen LogP contribution in [0.2, 0.25) is 0 Å². The number of aliphatic carboxylic acids is 1. The van der Waals surface area contributed by atoms with E-state index in [0.29, 0.717) is 12.1 Å². The highest BCUT2D eigenvalue weighted by Crippen LogP contribution is 2.21. The number of carbonyl (C=O) groups is 2. The number of aromatic nitrogens is 2. The van der Waals surface area contributed by atoms with Crippen molar-refractivity contribution in [1.82, 2.24) is 24.7 Å². The molecule has 0 atom stereocenters. The van der Waals surface area contributed by atoms with Crippen molar-refractivity contribution in [2.45, 2.75) is 38.1 Å². The van der Waals surface area contributed by atoms with Crippen LogP contribution in [0, 0.1) is 11.6 Å². The van der Waals surface area contributed by atoms with E-state index < -0.39 is 23.8 Å². The highest BCUT2D eigenvalue weighted by molar-refractivity contribution is 5.77. The fourth-order valence-corrected chi connectivity index (χ4v) is 4.08. The zero-order chi connectivity index (χ0) is 28.0. The number of carboxylic acids is 1. The molecule has 2 aromatic carbocycles. The van der Waals surface area contributed by atoms with E-state index >= 15 is 0 Å². The van der Waals surface area contributed by atoms with E-state index in [9.17, 15) is 26.7 Å². The molecule has 1 fully saturated rings. The van der Waals surface area contributed by atoms with E-state index in [-0.39, 0.29) is 18.6 Å². The Morgan fingerprint density at radius 1 is 1.11 bits per heavy atom. The Balaban J connectivity index is 0.000000505. The van der Waals surface area contributed by atoms with Crippen LogP contribution in [0.5, 0.6) is 0 Å². The van der Waals surface area contributed by atoms with Gasteiger partial charge in [-0.05, 0) is 56.7 Å². The second kappa shape index (κ2) is 12.2. The zero-order valence-corrected chi connectivity index (χ0v) is 20.8. The van der Waals surface area contributed by atoms with Crippen molar-refractivity contribution < 1.29 is 36.6 Å². The summed E-state index contributed by atoms with van der Waals surface area (Å²) in [6.45, 7) is 2.19. The summed E-state index contributed by atoms with van der Waals surface area (Å²) in [5, 5.41) is 10.1. The standard InChI is InChI=1S/C23H27F2N5O.C2HF3O2/c1-28-9-7-19(8-10-28)30(14-17-4-5-18(24)12-20(17)25)23(31)26-13-16-3-6-22-21(11-16)27-15-29(22)2;3-2(4,5)1(6)7/h3-6,11-12,15,19H,7-10,13-14H2,1-2H3,(H,26,31);(H,6,7). The van der Waals surface area contributed by atoms with Crippen LogP contribution >= 0.6 is 0 Å². The Morgan fingerprint density at radius 2 is 1.76 bits per heavy atom. The Hall–Kier alpha value is -3.74. The first-order valence-corrected chi connectivity index (χ1v) is 11.7. The van der Waals surface area contributed by atoms with Crippen LogP contribution < -0.4 is 5.32 Å². The minimum Gasteiger partial charge on any atom is -0.475 e. The molecule has 0 unspecified atom stereocenters. The zero-order valence-electron chi connectivity index (χ0n) is 20.8. The van der Waals surface area contributed by atoms with E-state index in [4.69, 9.17) is 9.90 Å². The lowest BCUT2D eigenvalue weighted by molar-refractivity contribution is -0.192. The number of halogens is 5. The minimum atomic E-state index is -5.08. The number of fused-ring (bicyclic) bond motifs is 1. The Morgan fingerprint density at radius 3 is 2.37 bits per heavy atom. The Labute approximate surface area is 215 Å². The van der Waals surface area contributed by atoms with E-state index in [0.717, 1.165) is 48.6 Å². The maximum atomic E-state index is 14.3. The summed E-state index contributed by atoms with van der Waals surface area (Å²) in [5.41, 5.74) is 3.14. The highest BCUT2D eigenvalue weighted by atomic mass is 19.4. The van der Waals surface area contributed by atoms with E-state index in [2.05, 4.69) is 15.2 Å². The van der Waals surface area contributed by atoms with Crippen molar-refractivity contribution in [3.05, 3.63) is 65.5 Å². The molecule has 4 rings (SSSR count). The van der Waals surface area contributed by atoms with Gasteiger partial charge in [0.25, 0.3) is 0 Å².